The third kappa shape index (κ3) is 3.09. The van der Waals surface area contributed by atoms with Crippen molar-refractivity contribution >= 4 is 45.8 Å². The largest absolute Gasteiger partial charge is 0.494 e. The molecule has 9 heteroatoms. The molecule has 0 saturated carbocycles. The molecule has 0 saturated heterocycles. The van der Waals surface area contributed by atoms with Crippen molar-refractivity contribution in [1.29, 1.82) is 0 Å². The molecule has 7 nitrogen and oxygen atoms in total. The number of anilines is 2. The summed E-state index contributed by atoms with van der Waals surface area (Å²) in [5.41, 5.74) is 2.37. The molecule has 0 spiro atoms. The van der Waals surface area contributed by atoms with Gasteiger partial charge in [0.05, 0.1) is 12.2 Å². The van der Waals surface area contributed by atoms with Crippen molar-refractivity contribution < 1.29 is 9.53 Å². The molecule has 3 aromatic rings. The van der Waals surface area contributed by atoms with Crippen LogP contribution in [0.1, 0.15) is 12.5 Å². The zero-order valence-electron chi connectivity index (χ0n) is 16.0. The normalized spacial score (nSPS) is 16.6. The van der Waals surface area contributed by atoms with Crippen molar-refractivity contribution in [1.82, 2.24) is 4.57 Å². The Kier molecular flexibility index (Phi) is 4.60. The van der Waals surface area contributed by atoms with Crippen LogP contribution in [-0.2, 0) is 11.5 Å². The van der Waals surface area contributed by atoms with Crippen LogP contribution < -0.4 is 29.8 Å². The number of rotatable bonds is 3. The first-order valence-corrected chi connectivity index (χ1v) is 10.6. The number of ether oxygens (including phenoxy) is 1. The summed E-state index contributed by atoms with van der Waals surface area (Å²) in [7, 11) is 0. The molecule has 1 N–H and O–H groups in total. The summed E-state index contributed by atoms with van der Waals surface area (Å²) >= 11 is 7.35. The monoisotopic (exact) mass is 440 g/mol. The highest BCUT2D eigenvalue weighted by Crippen LogP contribution is 2.32. The van der Waals surface area contributed by atoms with Gasteiger partial charge in [-0.05, 0) is 49.4 Å². The van der Waals surface area contributed by atoms with Crippen LogP contribution in [0, 0.1) is 0 Å². The molecule has 30 heavy (non-hydrogen) atoms. The van der Waals surface area contributed by atoms with Crippen molar-refractivity contribution in [3.05, 3.63) is 72.7 Å². The number of nitrogens with zero attached hydrogens (tertiary/aromatic N) is 3. The van der Waals surface area contributed by atoms with E-state index < -0.39 is 0 Å². The Labute approximate surface area is 180 Å². The average molecular weight is 441 g/mol. The number of fused-ring (bicyclic) bond motifs is 2. The highest BCUT2D eigenvalue weighted by molar-refractivity contribution is 7.07. The Bertz CT molecular complexity index is 1340. The molecule has 3 heterocycles. The van der Waals surface area contributed by atoms with Gasteiger partial charge in [0.25, 0.3) is 11.5 Å². The molecule has 0 bridgehead atoms. The summed E-state index contributed by atoms with van der Waals surface area (Å²) < 4.78 is 7.46. The van der Waals surface area contributed by atoms with E-state index in [-0.39, 0.29) is 11.5 Å². The van der Waals surface area contributed by atoms with E-state index in [0.29, 0.717) is 51.1 Å². The molecule has 0 atom stereocenters. The maximum Gasteiger partial charge on any atom is 0.272 e. The van der Waals surface area contributed by atoms with Gasteiger partial charge in [0.1, 0.15) is 23.6 Å². The van der Waals surface area contributed by atoms with Gasteiger partial charge >= 0.3 is 0 Å². The maximum absolute atomic E-state index is 13.2. The number of hydrogen-bond donors (Lipinski definition) is 1. The lowest BCUT2D eigenvalue weighted by Gasteiger charge is -2.25. The van der Waals surface area contributed by atoms with Gasteiger partial charge in [-0.3, -0.25) is 14.2 Å². The zero-order chi connectivity index (χ0) is 20.8. The smallest absolute Gasteiger partial charge is 0.272 e. The van der Waals surface area contributed by atoms with E-state index in [0.717, 1.165) is 11.4 Å². The van der Waals surface area contributed by atoms with E-state index in [1.54, 1.807) is 22.8 Å². The minimum atomic E-state index is -0.299. The van der Waals surface area contributed by atoms with E-state index >= 15 is 0 Å². The van der Waals surface area contributed by atoms with Gasteiger partial charge in [-0.2, -0.15) is 0 Å². The fourth-order valence-electron chi connectivity index (χ4n) is 3.61. The molecule has 2 aliphatic rings. The topological polar surface area (TPSA) is 75.9 Å². The second-order valence-electron chi connectivity index (χ2n) is 6.87. The number of carbonyl (C=O) groups is 1. The number of aromatic nitrogens is 1. The first-order chi connectivity index (χ1) is 14.5. The number of thiazole rings is 1. The van der Waals surface area contributed by atoms with Crippen molar-refractivity contribution in [2.45, 2.75) is 13.6 Å². The minimum absolute atomic E-state index is 0.229. The van der Waals surface area contributed by atoms with Crippen LogP contribution in [0.4, 0.5) is 11.4 Å². The fraction of sp³-hybridized carbons (Fsp3) is 0.190. The van der Waals surface area contributed by atoms with E-state index in [1.165, 1.54) is 11.3 Å². The molecule has 0 fully saturated rings. The number of benzene rings is 2. The van der Waals surface area contributed by atoms with Crippen LogP contribution in [0.5, 0.6) is 5.75 Å². The van der Waals surface area contributed by atoms with Gasteiger partial charge in [0, 0.05) is 22.0 Å². The van der Waals surface area contributed by atoms with Gasteiger partial charge < -0.3 is 15.0 Å². The predicted molar refractivity (Wildman–Crippen MR) is 117 cm³/mol. The molecule has 2 aliphatic heterocycles. The third-order valence-corrected chi connectivity index (χ3v) is 6.37. The van der Waals surface area contributed by atoms with Gasteiger partial charge in [-0.25, -0.2) is 4.99 Å². The van der Waals surface area contributed by atoms with E-state index in [2.05, 4.69) is 10.3 Å². The van der Waals surface area contributed by atoms with Gasteiger partial charge in [-0.1, -0.05) is 22.9 Å². The molecular formula is C21H17ClN4O3S. The number of halogens is 1. The second kappa shape index (κ2) is 7.30. The van der Waals surface area contributed by atoms with E-state index in [4.69, 9.17) is 16.3 Å². The molecule has 5 rings (SSSR count). The molecule has 152 valence electrons. The van der Waals surface area contributed by atoms with Crippen molar-refractivity contribution in [2.24, 2.45) is 4.99 Å². The zero-order valence-corrected chi connectivity index (χ0v) is 17.6. The van der Waals surface area contributed by atoms with Crippen LogP contribution in [0.15, 0.2) is 52.3 Å². The summed E-state index contributed by atoms with van der Waals surface area (Å²) in [5.74, 6) is 0.499. The molecule has 0 unspecified atom stereocenters. The molecule has 1 amide bonds. The highest BCUT2D eigenvalue weighted by atomic mass is 35.5. The molecule has 0 radical (unpaired) electrons. The third-order valence-electron chi connectivity index (χ3n) is 5.02. The lowest BCUT2D eigenvalue weighted by Crippen LogP contribution is -2.43. The highest BCUT2D eigenvalue weighted by Gasteiger charge is 2.28. The first kappa shape index (κ1) is 18.9. The summed E-state index contributed by atoms with van der Waals surface area (Å²) in [6, 6.07) is 12.8. The predicted octanol–water partition coefficient (Wildman–Crippen LogP) is 2.17. The SMILES string of the molecule is CCOc1ccc(N2CN=c3sc(=C4C(=O)Nc5ccc(Cl)cc54)c(=O)n3C2)cc1. The van der Waals surface area contributed by atoms with Gasteiger partial charge in [0.15, 0.2) is 4.80 Å². The van der Waals surface area contributed by atoms with Crippen LogP contribution in [0.2, 0.25) is 5.02 Å². The molecule has 0 aliphatic carbocycles. The second-order valence-corrected chi connectivity index (χ2v) is 8.29. The Morgan fingerprint density at radius 3 is 2.77 bits per heavy atom. The van der Waals surface area contributed by atoms with Crippen molar-refractivity contribution in [3.8, 4) is 5.75 Å². The minimum Gasteiger partial charge on any atom is -0.494 e. The number of nitrogens with one attached hydrogen (secondary N) is 1. The van der Waals surface area contributed by atoms with Crippen LogP contribution in [-0.4, -0.2) is 23.7 Å². The fourth-order valence-corrected chi connectivity index (χ4v) is 4.84. The quantitative estimate of drug-likeness (QED) is 0.677. The Morgan fingerprint density at radius 2 is 2.00 bits per heavy atom. The lowest BCUT2D eigenvalue weighted by atomic mass is 10.1. The molecular weight excluding hydrogens is 424 g/mol. The van der Waals surface area contributed by atoms with Crippen LogP contribution in [0.25, 0.3) is 5.57 Å². The van der Waals surface area contributed by atoms with E-state index in [9.17, 15) is 9.59 Å². The number of carbonyl (C=O) groups excluding carboxylic acids is 1. The van der Waals surface area contributed by atoms with Crippen molar-refractivity contribution in [2.75, 3.05) is 23.5 Å². The summed E-state index contributed by atoms with van der Waals surface area (Å²) in [4.78, 5) is 32.9. The maximum atomic E-state index is 13.2. The van der Waals surface area contributed by atoms with E-state index in [1.807, 2.05) is 36.1 Å². The first-order valence-electron chi connectivity index (χ1n) is 9.42. The van der Waals surface area contributed by atoms with Gasteiger partial charge in [0.2, 0.25) is 0 Å². The average Bonchev–Trinajstić information content (AvgIpc) is 3.24. The van der Waals surface area contributed by atoms with Crippen LogP contribution in [0.3, 0.4) is 0 Å². The van der Waals surface area contributed by atoms with Crippen molar-refractivity contribution in [3.63, 3.8) is 0 Å². The standard InChI is InChI=1S/C21H17ClN4O3S/c1-2-29-14-6-4-13(5-7-14)25-10-23-21-26(11-25)20(28)18(30-21)17-15-9-12(22)3-8-16(15)24-19(17)27/h3-9H,2,10-11H2,1H3,(H,24,27). The molecule has 1 aromatic heterocycles. The Balaban J connectivity index is 1.56. The molecule has 2 aromatic carbocycles. The number of amides is 1. The van der Waals surface area contributed by atoms with Crippen LogP contribution >= 0.6 is 22.9 Å². The summed E-state index contributed by atoms with van der Waals surface area (Å²) in [6.07, 6.45) is 0. The summed E-state index contributed by atoms with van der Waals surface area (Å²) in [5, 5.41) is 3.31. The number of hydrogen-bond acceptors (Lipinski definition) is 6. The Morgan fingerprint density at radius 1 is 1.20 bits per heavy atom. The Hall–Kier alpha value is -3.10. The summed E-state index contributed by atoms with van der Waals surface area (Å²) in [6.45, 7) is 3.33. The van der Waals surface area contributed by atoms with Gasteiger partial charge in [-0.15, -0.1) is 0 Å². The lowest BCUT2D eigenvalue weighted by molar-refractivity contribution is -0.110.